The lowest BCUT2D eigenvalue weighted by atomic mass is 10.0. The third kappa shape index (κ3) is 3.85. The molecule has 136 valence electrons. The zero-order valence-electron chi connectivity index (χ0n) is 12.8. The van der Waals surface area contributed by atoms with E-state index >= 15 is 0 Å². The standard InChI is InChI=1S/C11H14N6O6S2/c1-6-8(11(19)17(6)25(20,21)22)14-10(18)9(15-23-3-2-12)7-4-24-5-16(7)13/h4,6,8H,3,5,13H2,1H3,(H,14,18)(H,20,21,22)/b15-9-. The number of oxime groups is 1. The van der Waals surface area contributed by atoms with Crippen molar-refractivity contribution in [3.05, 3.63) is 11.1 Å². The number of thioether (sulfide) groups is 1. The highest BCUT2D eigenvalue weighted by molar-refractivity contribution is 8.02. The quantitative estimate of drug-likeness (QED) is 0.116. The highest BCUT2D eigenvalue weighted by Gasteiger charge is 2.51. The second-order valence-electron chi connectivity index (χ2n) is 4.94. The van der Waals surface area contributed by atoms with Crippen LogP contribution >= 0.6 is 11.8 Å². The van der Waals surface area contributed by atoms with Gasteiger partial charge in [0.1, 0.15) is 12.1 Å². The molecule has 0 aliphatic carbocycles. The minimum atomic E-state index is -4.70. The van der Waals surface area contributed by atoms with Crippen molar-refractivity contribution in [3.63, 3.8) is 0 Å². The molecule has 12 nitrogen and oxygen atoms in total. The first-order chi connectivity index (χ1) is 11.7. The molecule has 0 spiro atoms. The van der Waals surface area contributed by atoms with Crippen molar-refractivity contribution in [2.75, 3.05) is 12.5 Å². The Bertz CT molecular complexity index is 787. The maximum absolute atomic E-state index is 12.4. The lowest BCUT2D eigenvalue weighted by Crippen LogP contribution is -2.71. The number of nitrogens with zero attached hydrogens (tertiary/aromatic N) is 4. The summed E-state index contributed by atoms with van der Waals surface area (Å²) in [6, 6.07) is -0.470. The molecule has 2 heterocycles. The topological polar surface area (TPSA) is 178 Å². The summed E-state index contributed by atoms with van der Waals surface area (Å²) in [5, 5.41) is 17.1. The van der Waals surface area contributed by atoms with E-state index < -0.39 is 40.8 Å². The van der Waals surface area contributed by atoms with Crippen molar-refractivity contribution in [2.24, 2.45) is 11.0 Å². The second kappa shape index (κ2) is 7.27. The second-order valence-corrected chi connectivity index (χ2v) is 7.06. The van der Waals surface area contributed by atoms with Crippen molar-refractivity contribution < 1.29 is 27.4 Å². The molecule has 2 unspecified atom stereocenters. The molecule has 0 bridgehead atoms. The van der Waals surface area contributed by atoms with Crippen LogP contribution in [0.3, 0.4) is 0 Å². The first kappa shape index (κ1) is 19.0. The SMILES string of the molecule is CC1C(NC(=O)/C(=N\OCC#N)C2=CSCN2N)C(=O)N1S(=O)(=O)O. The van der Waals surface area contributed by atoms with Gasteiger partial charge in [0.25, 0.3) is 11.8 Å². The predicted octanol–water partition coefficient (Wildman–Crippen LogP) is -1.88. The van der Waals surface area contributed by atoms with E-state index in [1.807, 2.05) is 0 Å². The molecule has 0 radical (unpaired) electrons. The van der Waals surface area contributed by atoms with Gasteiger partial charge in [-0.2, -0.15) is 13.7 Å². The summed E-state index contributed by atoms with van der Waals surface area (Å²) in [7, 11) is -4.70. The molecule has 14 heteroatoms. The first-order valence-electron chi connectivity index (χ1n) is 6.71. The Labute approximate surface area is 147 Å². The van der Waals surface area contributed by atoms with Crippen LogP contribution < -0.4 is 11.2 Å². The molecule has 0 aromatic heterocycles. The maximum atomic E-state index is 12.4. The Morgan fingerprint density at radius 2 is 2.36 bits per heavy atom. The van der Waals surface area contributed by atoms with E-state index in [0.717, 1.165) is 0 Å². The monoisotopic (exact) mass is 390 g/mol. The summed E-state index contributed by atoms with van der Waals surface area (Å²) in [4.78, 5) is 28.9. The van der Waals surface area contributed by atoms with E-state index in [9.17, 15) is 18.0 Å². The molecule has 2 amide bonds. The summed E-state index contributed by atoms with van der Waals surface area (Å²) < 4.78 is 31.3. The normalized spacial score (nSPS) is 23.7. The van der Waals surface area contributed by atoms with Crippen LogP contribution in [-0.2, 0) is 24.7 Å². The van der Waals surface area contributed by atoms with Crippen LogP contribution in [0, 0.1) is 11.3 Å². The summed E-state index contributed by atoms with van der Waals surface area (Å²) in [6.45, 7) is 0.931. The lowest BCUT2D eigenvalue weighted by molar-refractivity contribution is -0.143. The van der Waals surface area contributed by atoms with E-state index in [2.05, 4.69) is 10.5 Å². The Morgan fingerprint density at radius 3 is 2.84 bits per heavy atom. The number of nitrogens with two attached hydrogens (primary N) is 1. The van der Waals surface area contributed by atoms with Crippen molar-refractivity contribution in [1.29, 1.82) is 5.26 Å². The van der Waals surface area contributed by atoms with Gasteiger partial charge in [0.2, 0.25) is 6.61 Å². The van der Waals surface area contributed by atoms with E-state index in [0.29, 0.717) is 5.88 Å². The molecule has 0 saturated carbocycles. The highest BCUT2D eigenvalue weighted by Crippen LogP contribution is 2.24. The van der Waals surface area contributed by atoms with Crippen LogP contribution in [-0.4, -0.2) is 64.4 Å². The molecule has 2 aliphatic heterocycles. The summed E-state index contributed by atoms with van der Waals surface area (Å²) in [6.07, 6.45) is 0. The van der Waals surface area contributed by atoms with Crippen LogP contribution in [0.4, 0.5) is 0 Å². The molecule has 2 aliphatic rings. The van der Waals surface area contributed by atoms with Crippen LogP contribution in [0.25, 0.3) is 0 Å². The predicted molar refractivity (Wildman–Crippen MR) is 85.4 cm³/mol. The number of hydrogen-bond donors (Lipinski definition) is 3. The summed E-state index contributed by atoms with van der Waals surface area (Å²) in [5.41, 5.74) is -0.0560. The highest BCUT2D eigenvalue weighted by atomic mass is 32.2. The minimum absolute atomic E-state index is 0.214. The fraction of sp³-hybridized carbons (Fsp3) is 0.455. The maximum Gasteiger partial charge on any atom is 0.362 e. The molecule has 4 N–H and O–H groups in total. The minimum Gasteiger partial charge on any atom is -0.380 e. The molecule has 0 aromatic carbocycles. The van der Waals surface area contributed by atoms with Crippen LogP contribution in [0.2, 0.25) is 0 Å². The number of amides is 2. The number of nitriles is 1. The Hall–Kier alpha value is -2.34. The Kier molecular flexibility index (Phi) is 5.52. The van der Waals surface area contributed by atoms with E-state index in [4.69, 9.17) is 20.5 Å². The van der Waals surface area contributed by atoms with Crippen molar-refractivity contribution in [3.8, 4) is 6.07 Å². The molecule has 2 rings (SSSR count). The number of hydrogen-bond acceptors (Lipinski definition) is 10. The van der Waals surface area contributed by atoms with Gasteiger partial charge in [-0.25, -0.2) is 10.1 Å². The molecule has 0 aromatic rings. The third-order valence-electron chi connectivity index (χ3n) is 3.33. The van der Waals surface area contributed by atoms with Gasteiger partial charge in [-0.15, -0.1) is 11.8 Å². The fourth-order valence-electron chi connectivity index (χ4n) is 2.17. The number of β-lactam (4-membered cyclic amide) rings is 1. The number of rotatable bonds is 6. The Morgan fingerprint density at radius 1 is 1.68 bits per heavy atom. The number of carbonyl (C=O) groups is 2. The van der Waals surface area contributed by atoms with Gasteiger partial charge in [-0.1, -0.05) is 5.16 Å². The zero-order valence-corrected chi connectivity index (χ0v) is 14.5. The molecule has 2 atom stereocenters. The molecule has 1 fully saturated rings. The van der Waals surface area contributed by atoms with Crippen molar-refractivity contribution in [2.45, 2.75) is 19.0 Å². The first-order valence-corrected chi connectivity index (χ1v) is 9.16. The van der Waals surface area contributed by atoms with Gasteiger partial charge in [-0.3, -0.25) is 19.2 Å². The van der Waals surface area contributed by atoms with Gasteiger partial charge in [0.15, 0.2) is 5.71 Å². The number of carbonyl (C=O) groups excluding carboxylic acids is 2. The molecule has 25 heavy (non-hydrogen) atoms. The zero-order chi connectivity index (χ0) is 18.8. The smallest absolute Gasteiger partial charge is 0.362 e. The van der Waals surface area contributed by atoms with E-state index in [1.165, 1.54) is 23.7 Å². The molecule has 1 saturated heterocycles. The number of hydrazine groups is 1. The lowest BCUT2D eigenvalue weighted by Gasteiger charge is -2.42. The summed E-state index contributed by atoms with van der Waals surface area (Å²) >= 11 is 1.29. The van der Waals surface area contributed by atoms with Crippen molar-refractivity contribution >= 4 is 39.6 Å². The average molecular weight is 390 g/mol. The van der Waals surface area contributed by atoms with E-state index in [-0.39, 0.29) is 15.7 Å². The fourth-order valence-corrected chi connectivity index (χ4v) is 3.83. The molecular formula is C11H14N6O6S2. The van der Waals surface area contributed by atoms with Gasteiger partial charge >= 0.3 is 10.3 Å². The van der Waals surface area contributed by atoms with Gasteiger partial charge < -0.3 is 10.2 Å². The van der Waals surface area contributed by atoms with Crippen LogP contribution in [0.1, 0.15) is 6.92 Å². The van der Waals surface area contributed by atoms with E-state index in [1.54, 1.807) is 11.5 Å². The Balaban J connectivity index is 2.15. The van der Waals surface area contributed by atoms with Crippen LogP contribution in [0.15, 0.2) is 16.3 Å². The third-order valence-corrected chi connectivity index (χ3v) is 5.16. The molecular weight excluding hydrogens is 376 g/mol. The average Bonchev–Trinajstić information content (AvgIpc) is 2.93. The largest absolute Gasteiger partial charge is 0.380 e. The number of nitrogens with one attached hydrogen (secondary N) is 1. The van der Waals surface area contributed by atoms with Crippen LogP contribution in [0.5, 0.6) is 0 Å². The summed E-state index contributed by atoms with van der Waals surface area (Å²) in [5.74, 6) is 4.23. The van der Waals surface area contributed by atoms with Gasteiger partial charge in [0, 0.05) is 5.41 Å². The van der Waals surface area contributed by atoms with Crippen molar-refractivity contribution in [1.82, 2.24) is 14.6 Å². The van der Waals surface area contributed by atoms with Gasteiger partial charge in [-0.05, 0) is 6.92 Å². The van der Waals surface area contributed by atoms with Gasteiger partial charge in [0.05, 0.1) is 17.6 Å².